The first-order valence-corrected chi connectivity index (χ1v) is 9.51. The Hall–Kier alpha value is -2.87. The van der Waals surface area contributed by atoms with E-state index in [1.807, 2.05) is 18.2 Å². The molecule has 0 radical (unpaired) electrons. The number of rotatable bonds is 6. The number of halogens is 1. The van der Waals surface area contributed by atoms with Crippen LogP contribution in [0.1, 0.15) is 12.0 Å². The molecule has 0 bridgehead atoms. The lowest BCUT2D eigenvalue weighted by Gasteiger charge is -2.23. The van der Waals surface area contributed by atoms with E-state index in [2.05, 4.69) is 5.32 Å². The number of anilines is 1. The van der Waals surface area contributed by atoms with Crippen molar-refractivity contribution < 1.29 is 23.5 Å². The Kier molecular flexibility index (Phi) is 6.30. The number of carbonyl (C=O) groups is 3. The Morgan fingerprint density at radius 2 is 1.89 bits per heavy atom. The summed E-state index contributed by atoms with van der Waals surface area (Å²) in [4.78, 5) is 38.6. The van der Waals surface area contributed by atoms with Gasteiger partial charge in [-0.2, -0.15) is 0 Å². The van der Waals surface area contributed by atoms with Gasteiger partial charge in [0.05, 0.1) is 17.4 Å². The molecule has 0 aromatic heterocycles. The van der Waals surface area contributed by atoms with Gasteiger partial charge in [0.15, 0.2) is 6.61 Å². The third-order valence-corrected chi connectivity index (χ3v) is 5.45. The second-order valence-electron chi connectivity index (χ2n) is 6.33. The minimum Gasteiger partial charge on any atom is -0.456 e. The first-order chi connectivity index (χ1) is 13.4. The molecule has 0 fully saturated rings. The number of hydrogen-bond acceptors (Lipinski definition) is 5. The fourth-order valence-electron chi connectivity index (χ4n) is 2.64. The van der Waals surface area contributed by atoms with E-state index < -0.39 is 17.8 Å². The molecule has 1 heterocycles. The normalized spacial score (nSPS) is 15.4. The van der Waals surface area contributed by atoms with Crippen molar-refractivity contribution in [2.45, 2.75) is 23.1 Å². The van der Waals surface area contributed by atoms with Crippen LogP contribution < -0.4 is 5.32 Å². The maximum atomic E-state index is 12.9. The summed E-state index contributed by atoms with van der Waals surface area (Å²) >= 11 is 1.30. The molecule has 3 rings (SSSR count). The molecule has 8 heteroatoms. The van der Waals surface area contributed by atoms with E-state index in [9.17, 15) is 18.8 Å². The lowest BCUT2D eigenvalue weighted by atomic mass is 10.2. The van der Waals surface area contributed by atoms with E-state index in [-0.39, 0.29) is 30.6 Å². The molecule has 2 amide bonds. The van der Waals surface area contributed by atoms with E-state index in [0.717, 1.165) is 16.1 Å². The monoisotopic (exact) mass is 402 g/mol. The standard InChI is InChI=1S/C20H19FN2O4S/c1-23(11-13-6-8-14(21)9-7-13)18(24)12-27-19(25)10-17-20(26)22-15-4-2-3-5-16(15)28-17/h2-9,17H,10-12H2,1H3,(H,22,26)/t17-/m1/s1. The summed E-state index contributed by atoms with van der Waals surface area (Å²) in [6.45, 7) is -0.138. The highest BCUT2D eigenvalue weighted by atomic mass is 32.2. The van der Waals surface area contributed by atoms with Crippen LogP contribution in [0.5, 0.6) is 0 Å². The number of carbonyl (C=O) groups excluding carboxylic acids is 3. The molecule has 2 aromatic carbocycles. The second-order valence-corrected chi connectivity index (χ2v) is 7.58. The van der Waals surface area contributed by atoms with E-state index in [0.29, 0.717) is 0 Å². The highest BCUT2D eigenvalue weighted by molar-refractivity contribution is 8.01. The smallest absolute Gasteiger partial charge is 0.307 e. The zero-order chi connectivity index (χ0) is 20.1. The number of fused-ring (bicyclic) bond motifs is 1. The van der Waals surface area contributed by atoms with Gasteiger partial charge in [0.2, 0.25) is 5.91 Å². The topological polar surface area (TPSA) is 75.7 Å². The first kappa shape index (κ1) is 19.9. The number of para-hydroxylation sites is 1. The van der Waals surface area contributed by atoms with Gasteiger partial charge in [-0.25, -0.2) is 4.39 Å². The highest BCUT2D eigenvalue weighted by Gasteiger charge is 2.29. The summed E-state index contributed by atoms with van der Waals surface area (Å²) < 4.78 is 18.0. The van der Waals surface area contributed by atoms with Gasteiger partial charge < -0.3 is 15.0 Å². The Morgan fingerprint density at radius 1 is 1.18 bits per heavy atom. The van der Waals surface area contributed by atoms with Crippen molar-refractivity contribution in [1.29, 1.82) is 0 Å². The maximum Gasteiger partial charge on any atom is 0.307 e. The SMILES string of the molecule is CN(Cc1ccc(F)cc1)C(=O)COC(=O)C[C@H]1Sc2ccccc2NC1=O. The van der Waals surface area contributed by atoms with Gasteiger partial charge in [-0.15, -0.1) is 11.8 Å². The maximum absolute atomic E-state index is 12.9. The van der Waals surface area contributed by atoms with E-state index >= 15 is 0 Å². The first-order valence-electron chi connectivity index (χ1n) is 8.63. The predicted octanol–water partition coefficient (Wildman–Crippen LogP) is 2.83. The van der Waals surface area contributed by atoms with Crippen LogP contribution in [0.2, 0.25) is 0 Å². The van der Waals surface area contributed by atoms with Crippen molar-refractivity contribution in [2.24, 2.45) is 0 Å². The summed E-state index contributed by atoms with van der Waals surface area (Å²) in [6, 6.07) is 13.1. The molecule has 0 unspecified atom stereocenters. The minimum absolute atomic E-state index is 0.125. The van der Waals surface area contributed by atoms with Crippen LogP contribution in [-0.4, -0.2) is 41.6 Å². The number of benzene rings is 2. The number of hydrogen-bond donors (Lipinski definition) is 1. The summed E-state index contributed by atoms with van der Waals surface area (Å²) in [5, 5.41) is 2.16. The van der Waals surface area contributed by atoms with Crippen LogP contribution in [0.4, 0.5) is 10.1 Å². The zero-order valence-electron chi connectivity index (χ0n) is 15.2. The van der Waals surface area contributed by atoms with Gasteiger partial charge in [-0.1, -0.05) is 24.3 Å². The molecule has 0 saturated heterocycles. The number of amides is 2. The molecule has 0 spiro atoms. The number of thioether (sulfide) groups is 1. The Bertz CT molecular complexity index is 888. The van der Waals surface area contributed by atoms with Crippen molar-refractivity contribution in [3.8, 4) is 0 Å². The second kappa shape index (κ2) is 8.88. The van der Waals surface area contributed by atoms with Gasteiger partial charge in [0.25, 0.3) is 5.91 Å². The molecule has 0 saturated carbocycles. The number of nitrogens with zero attached hydrogens (tertiary/aromatic N) is 1. The van der Waals surface area contributed by atoms with Crippen LogP contribution in [0.15, 0.2) is 53.4 Å². The number of likely N-dealkylation sites (N-methyl/N-ethyl adjacent to an activating group) is 1. The third kappa shape index (κ3) is 5.10. The molecule has 1 aliphatic rings. The van der Waals surface area contributed by atoms with Crippen molar-refractivity contribution in [3.05, 3.63) is 59.9 Å². The van der Waals surface area contributed by atoms with E-state index in [1.165, 1.54) is 28.8 Å². The molecule has 146 valence electrons. The summed E-state index contributed by atoms with van der Waals surface area (Å²) in [7, 11) is 1.57. The average Bonchev–Trinajstić information content (AvgIpc) is 2.68. The molecule has 0 aliphatic carbocycles. The fourth-order valence-corrected chi connectivity index (χ4v) is 3.74. The molecule has 2 aromatic rings. The van der Waals surface area contributed by atoms with Crippen molar-refractivity contribution in [2.75, 3.05) is 19.0 Å². The number of esters is 1. The molecular formula is C20H19FN2O4S. The molecule has 1 N–H and O–H groups in total. The summed E-state index contributed by atoms with van der Waals surface area (Å²) in [5.74, 6) is -1.61. The predicted molar refractivity (Wildman–Crippen MR) is 103 cm³/mol. The average molecular weight is 402 g/mol. The highest BCUT2D eigenvalue weighted by Crippen LogP contribution is 2.36. The summed E-state index contributed by atoms with van der Waals surface area (Å²) in [5.41, 5.74) is 1.48. The number of ether oxygens (including phenoxy) is 1. The zero-order valence-corrected chi connectivity index (χ0v) is 16.0. The van der Waals surface area contributed by atoms with Crippen LogP contribution in [-0.2, 0) is 25.7 Å². The molecule has 28 heavy (non-hydrogen) atoms. The van der Waals surface area contributed by atoms with Gasteiger partial charge in [-0.05, 0) is 29.8 Å². The molecule has 1 atom stereocenters. The fraction of sp³-hybridized carbons (Fsp3) is 0.250. The largest absolute Gasteiger partial charge is 0.456 e. The van der Waals surface area contributed by atoms with E-state index in [1.54, 1.807) is 25.2 Å². The summed E-state index contributed by atoms with van der Waals surface area (Å²) in [6.07, 6.45) is -0.125. The minimum atomic E-state index is -0.615. The van der Waals surface area contributed by atoms with Crippen molar-refractivity contribution in [1.82, 2.24) is 4.90 Å². The Balaban J connectivity index is 1.46. The van der Waals surface area contributed by atoms with Crippen LogP contribution in [0.3, 0.4) is 0 Å². The van der Waals surface area contributed by atoms with Crippen molar-refractivity contribution in [3.63, 3.8) is 0 Å². The van der Waals surface area contributed by atoms with E-state index in [4.69, 9.17) is 4.74 Å². The van der Waals surface area contributed by atoms with Gasteiger partial charge >= 0.3 is 5.97 Å². The Labute approximate surface area is 166 Å². The number of nitrogens with one attached hydrogen (secondary N) is 1. The van der Waals surface area contributed by atoms with Crippen LogP contribution in [0.25, 0.3) is 0 Å². The van der Waals surface area contributed by atoms with Gasteiger partial charge in [0.1, 0.15) is 5.82 Å². The van der Waals surface area contributed by atoms with Crippen LogP contribution >= 0.6 is 11.8 Å². The molecule has 1 aliphatic heterocycles. The van der Waals surface area contributed by atoms with Gasteiger partial charge in [0, 0.05) is 18.5 Å². The van der Waals surface area contributed by atoms with Crippen LogP contribution in [0, 0.1) is 5.82 Å². The van der Waals surface area contributed by atoms with Gasteiger partial charge in [-0.3, -0.25) is 14.4 Å². The Morgan fingerprint density at radius 3 is 2.64 bits per heavy atom. The lowest BCUT2D eigenvalue weighted by Crippen LogP contribution is -2.33. The molecular weight excluding hydrogens is 383 g/mol. The third-order valence-electron chi connectivity index (χ3n) is 4.17. The van der Waals surface area contributed by atoms with Crippen molar-refractivity contribution >= 4 is 35.2 Å². The lowest BCUT2D eigenvalue weighted by molar-refractivity contribution is -0.152. The molecule has 6 nitrogen and oxygen atoms in total. The quantitative estimate of drug-likeness (QED) is 0.752.